The van der Waals surface area contributed by atoms with Crippen LogP contribution >= 0.6 is 15.9 Å². The predicted octanol–water partition coefficient (Wildman–Crippen LogP) is 2.70. The molecule has 17 heavy (non-hydrogen) atoms. The van der Waals surface area contributed by atoms with Gasteiger partial charge in [0.15, 0.2) is 0 Å². The maximum Gasteiger partial charge on any atom is 0.310 e. The van der Waals surface area contributed by atoms with Gasteiger partial charge in [-0.25, -0.2) is 4.39 Å². The van der Waals surface area contributed by atoms with E-state index in [1.807, 2.05) is 0 Å². The van der Waals surface area contributed by atoms with Gasteiger partial charge in [0.2, 0.25) is 0 Å². The van der Waals surface area contributed by atoms with Crippen LogP contribution in [-0.2, 0) is 21.3 Å². The molecular weight excluding hydrogens is 289 g/mol. The Bertz CT molecular complexity index is 468. The fourth-order valence-electron chi connectivity index (χ4n) is 1.44. The third kappa shape index (κ3) is 3.53. The van der Waals surface area contributed by atoms with Crippen LogP contribution in [0.2, 0.25) is 0 Å². The molecule has 5 heteroatoms. The van der Waals surface area contributed by atoms with E-state index in [2.05, 4.69) is 15.9 Å². The second kappa shape index (κ2) is 6.36. The van der Waals surface area contributed by atoms with E-state index in [9.17, 15) is 9.18 Å². The van der Waals surface area contributed by atoms with Gasteiger partial charge in [-0.15, -0.1) is 0 Å². The average Bonchev–Trinajstić information content (AvgIpc) is 2.28. The van der Waals surface area contributed by atoms with Gasteiger partial charge in [-0.2, -0.15) is 5.26 Å². The number of halogens is 2. The van der Waals surface area contributed by atoms with E-state index in [1.54, 1.807) is 19.1 Å². The molecule has 0 spiro atoms. The zero-order chi connectivity index (χ0) is 12.8. The van der Waals surface area contributed by atoms with Crippen LogP contribution in [-0.4, -0.2) is 12.6 Å². The first kappa shape index (κ1) is 13.7. The van der Waals surface area contributed by atoms with Gasteiger partial charge in [-0.05, 0) is 24.1 Å². The number of nitriles is 1. The van der Waals surface area contributed by atoms with Gasteiger partial charge in [0, 0.05) is 5.33 Å². The third-order valence-electron chi connectivity index (χ3n) is 2.14. The number of esters is 1. The Morgan fingerprint density at radius 2 is 2.29 bits per heavy atom. The summed E-state index contributed by atoms with van der Waals surface area (Å²) in [4.78, 5) is 11.3. The monoisotopic (exact) mass is 299 g/mol. The molecule has 3 nitrogen and oxygen atoms in total. The lowest BCUT2D eigenvalue weighted by molar-refractivity contribution is -0.142. The summed E-state index contributed by atoms with van der Waals surface area (Å²) >= 11 is 3.18. The number of hydrogen-bond acceptors (Lipinski definition) is 3. The van der Waals surface area contributed by atoms with Crippen LogP contribution in [0.25, 0.3) is 0 Å². The number of benzene rings is 1. The van der Waals surface area contributed by atoms with Gasteiger partial charge < -0.3 is 4.74 Å². The van der Waals surface area contributed by atoms with Crippen molar-refractivity contribution in [1.82, 2.24) is 0 Å². The van der Waals surface area contributed by atoms with Crippen molar-refractivity contribution in [2.24, 2.45) is 0 Å². The van der Waals surface area contributed by atoms with E-state index >= 15 is 0 Å². The second-order valence-corrected chi connectivity index (χ2v) is 3.90. The molecule has 1 rings (SSSR count). The van der Waals surface area contributed by atoms with Crippen molar-refractivity contribution in [3.63, 3.8) is 0 Å². The van der Waals surface area contributed by atoms with Gasteiger partial charge in [0.25, 0.3) is 0 Å². The van der Waals surface area contributed by atoms with Crippen LogP contribution in [0.5, 0.6) is 0 Å². The molecule has 0 N–H and O–H groups in total. The molecule has 1 aromatic rings. The van der Waals surface area contributed by atoms with Crippen molar-refractivity contribution in [3.8, 4) is 6.07 Å². The summed E-state index contributed by atoms with van der Waals surface area (Å²) in [5.74, 6) is -1.01. The Morgan fingerprint density at radius 3 is 2.82 bits per heavy atom. The lowest BCUT2D eigenvalue weighted by atomic mass is 10.0. The maximum absolute atomic E-state index is 13.5. The van der Waals surface area contributed by atoms with Crippen molar-refractivity contribution in [2.75, 3.05) is 6.61 Å². The van der Waals surface area contributed by atoms with E-state index in [0.717, 1.165) is 0 Å². The maximum atomic E-state index is 13.5. The number of hydrogen-bond donors (Lipinski definition) is 0. The molecule has 0 aliphatic carbocycles. The van der Waals surface area contributed by atoms with E-state index in [-0.39, 0.29) is 12.0 Å². The van der Waals surface area contributed by atoms with Crippen LogP contribution in [0.1, 0.15) is 23.6 Å². The molecule has 0 fully saturated rings. The van der Waals surface area contributed by atoms with Crippen molar-refractivity contribution >= 4 is 21.9 Å². The van der Waals surface area contributed by atoms with Gasteiger partial charge in [-0.3, -0.25) is 4.79 Å². The van der Waals surface area contributed by atoms with Crippen molar-refractivity contribution < 1.29 is 13.9 Å². The molecular formula is C12H11BrFNO2. The summed E-state index contributed by atoms with van der Waals surface area (Å²) < 4.78 is 18.3. The standard InChI is InChI=1S/C12H11BrFNO2/c1-2-17-12(16)5-8-3-9(6-13)10(7-15)11(14)4-8/h3-4H,2,5-6H2,1H3. The molecule has 0 unspecified atom stereocenters. The topological polar surface area (TPSA) is 50.1 Å². The lowest BCUT2D eigenvalue weighted by Crippen LogP contribution is -2.08. The van der Waals surface area contributed by atoms with Gasteiger partial charge in [-0.1, -0.05) is 22.0 Å². The summed E-state index contributed by atoms with van der Waals surface area (Å²) in [6.07, 6.45) is 0.0104. The molecule has 0 amide bonds. The molecule has 0 saturated carbocycles. The normalized spacial score (nSPS) is 9.76. The fourth-order valence-corrected chi connectivity index (χ4v) is 1.88. The van der Waals surface area contributed by atoms with E-state index in [4.69, 9.17) is 10.00 Å². The van der Waals surface area contributed by atoms with Gasteiger partial charge >= 0.3 is 5.97 Å². The van der Waals surface area contributed by atoms with Gasteiger partial charge in [0.1, 0.15) is 11.9 Å². The Labute approximate surface area is 107 Å². The molecule has 0 aromatic heterocycles. The summed E-state index contributed by atoms with van der Waals surface area (Å²) in [6.45, 7) is 2.00. The minimum Gasteiger partial charge on any atom is -0.466 e. The molecule has 90 valence electrons. The summed E-state index contributed by atoms with van der Waals surface area (Å²) in [5, 5.41) is 9.15. The zero-order valence-corrected chi connectivity index (χ0v) is 10.9. The third-order valence-corrected chi connectivity index (χ3v) is 2.75. The predicted molar refractivity (Wildman–Crippen MR) is 64.1 cm³/mol. The van der Waals surface area contributed by atoms with E-state index in [1.165, 1.54) is 6.07 Å². The molecule has 0 bridgehead atoms. The number of ether oxygens (including phenoxy) is 1. The highest BCUT2D eigenvalue weighted by atomic mass is 79.9. The first-order chi connectivity index (χ1) is 8.12. The number of alkyl halides is 1. The minimum atomic E-state index is -0.608. The summed E-state index contributed by atoms with van der Waals surface area (Å²) in [5.41, 5.74) is 1.05. The Kier molecular flexibility index (Phi) is 5.11. The van der Waals surface area contributed by atoms with Gasteiger partial charge in [0.05, 0.1) is 18.6 Å². The van der Waals surface area contributed by atoms with Crippen LogP contribution in [0.3, 0.4) is 0 Å². The van der Waals surface area contributed by atoms with Crippen molar-refractivity contribution in [1.29, 1.82) is 5.26 Å². The lowest BCUT2D eigenvalue weighted by Gasteiger charge is -2.06. The highest BCUT2D eigenvalue weighted by Gasteiger charge is 2.12. The van der Waals surface area contributed by atoms with E-state index in [0.29, 0.717) is 23.1 Å². The molecule has 0 heterocycles. The fraction of sp³-hybridized carbons (Fsp3) is 0.333. The SMILES string of the molecule is CCOC(=O)Cc1cc(F)c(C#N)c(CBr)c1. The number of rotatable bonds is 4. The molecule has 0 atom stereocenters. The minimum absolute atomic E-state index is 0.00878. The Balaban J connectivity index is 3.00. The first-order valence-corrected chi connectivity index (χ1v) is 6.17. The number of carbonyl (C=O) groups excluding carboxylic acids is 1. The molecule has 1 aromatic carbocycles. The average molecular weight is 300 g/mol. The summed E-state index contributed by atoms with van der Waals surface area (Å²) in [6, 6.07) is 4.63. The van der Waals surface area contributed by atoms with Crippen LogP contribution < -0.4 is 0 Å². The zero-order valence-electron chi connectivity index (χ0n) is 9.30. The molecule has 0 radical (unpaired) electrons. The Morgan fingerprint density at radius 1 is 1.59 bits per heavy atom. The molecule has 0 saturated heterocycles. The quantitative estimate of drug-likeness (QED) is 0.634. The number of nitrogens with zero attached hydrogens (tertiary/aromatic N) is 1. The smallest absolute Gasteiger partial charge is 0.310 e. The first-order valence-electron chi connectivity index (χ1n) is 5.05. The second-order valence-electron chi connectivity index (χ2n) is 3.34. The van der Waals surface area contributed by atoms with Crippen LogP contribution in [0, 0.1) is 17.1 Å². The van der Waals surface area contributed by atoms with Crippen molar-refractivity contribution in [2.45, 2.75) is 18.7 Å². The van der Waals surface area contributed by atoms with Crippen LogP contribution in [0.15, 0.2) is 12.1 Å². The molecule has 0 aliphatic rings. The molecule has 0 aliphatic heterocycles. The highest BCUT2D eigenvalue weighted by Crippen LogP contribution is 2.19. The number of carbonyl (C=O) groups is 1. The van der Waals surface area contributed by atoms with Crippen molar-refractivity contribution in [3.05, 3.63) is 34.6 Å². The van der Waals surface area contributed by atoms with Crippen LogP contribution in [0.4, 0.5) is 4.39 Å². The Hall–Kier alpha value is -1.41. The largest absolute Gasteiger partial charge is 0.466 e. The highest BCUT2D eigenvalue weighted by molar-refractivity contribution is 9.08. The summed E-state index contributed by atoms with van der Waals surface area (Å²) in [7, 11) is 0. The van der Waals surface area contributed by atoms with E-state index < -0.39 is 11.8 Å².